The summed E-state index contributed by atoms with van der Waals surface area (Å²) in [5, 5.41) is 18.1. The summed E-state index contributed by atoms with van der Waals surface area (Å²) < 4.78 is 13.0. The van der Waals surface area contributed by atoms with Crippen LogP contribution in [0.1, 0.15) is 18.9 Å². The van der Waals surface area contributed by atoms with Crippen LogP contribution in [0.4, 0.5) is 10.1 Å². The van der Waals surface area contributed by atoms with E-state index >= 15 is 0 Å². The molecule has 0 aromatic heterocycles. The summed E-state index contributed by atoms with van der Waals surface area (Å²) in [7, 11) is 0. The molecule has 1 rings (SSSR count). The molecule has 4 heteroatoms. The van der Waals surface area contributed by atoms with E-state index in [2.05, 4.69) is 0 Å². The fraction of sp³-hybridized carbons (Fsp3) is 0.500. The van der Waals surface area contributed by atoms with Crippen molar-refractivity contribution >= 4 is 5.69 Å². The molecule has 0 spiro atoms. The fourth-order valence-corrected chi connectivity index (χ4v) is 1.73. The van der Waals surface area contributed by atoms with E-state index < -0.39 is 0 Å². The molecule has 0 aliphatic heterocycles. The summed E-state index contributed by atoms with van der Waals surface area (Å²) >= 11 is 0. The van der Waals surface area contributed by atoms with Gasteiger partial charge in [0.25, 0.3) is 0 Å². The first-order chi connectivity index (χ1) is 7.72. The maximum absolute atomic E-state index is 13.0. The average Bonchev–Trinajstić information content (AvgIpc) is 2.28. The van der Waals surface area contributed by atoms with E-state index in [0.717, 1.165) is 18.7 Å². The summed E-state index contributed by atoms with van der Waals surface area (Å²) in [4.78, 5) is 1.95. The summed E-state index contributed by atoms with van der Waals surface area (Å²) in [5.41, 5.74) is 1.35. The molecule has 3 nitrogen and oxygen atoms in total. The van der Waals surface area contributed by atoms with Gasteiger partial charge in [-0.3, -0.25) is 0 Å². The van der Waals surface area contributed by atoms with Crippen LogP contribution in [0.25, 0.3) is 0 Å². The number of hydrogen-bond acceptors (Lipinski definition) is 3. The molecule has 0 unspecified atom stereocenters. The zero-order valence-corrected chi connectivity index (χ0v) is 9.49. The summed E-state index contributed by atoms with van der Waals surface area (Å²) in [6.07, 6.45) is 0.933. The zero-order chi connectivity index (χ0) is 12.0. The van der Waals surface area contributed by atoms with Gasteiger partial charge in [-0.15, -0.1) is 0 Å². The summed E-state index contributed by atoms with van der Waals surface area (Å²) in [6.45, 7) is 3.15. The van der Waals surface area contributed by atoms with Gasteiger partial charge in [0, 0.05) is 24.3 Å². The highest BCUT2D eigenvalue weighted by Crippen LogP contribution is 2.21. The van der Waals surface area contributed by atoms with E-state index in [9.17, 15) is 9.50 Å². The van der Waals surface area contributed by atoms with E-state index in [1.54, 1.807) is 6.07 Å². The van der Waals surface area contributed by atoms with E-state index in [4.69, 9.17) is 5.11 Å². The highest BCUT2D eigenvalue weighted by atomic mass is 19.1. The van der Waals surface area contributed by atoms with E-state index in [1.807, 2.05) is 11.8 Å². The Hall–Kier alpha value is -1.13. The van der Waals surface area contributed by atoms with Crippen molar-refractivity contribution in [1.29, 1.82) is 0 Å². The molecule has 16 heavy (non-hydrogen) atoms. The maximum Gasteiger partial charge on any atom is 0.123 e. The molecule has 0 amide bonds. The molecular weight excluding hydrogens is 209 g/mol. The molecule has 2 N–H and O–H groups in total. The molecule has 1 aromatic rings. The van der Waals surface area contributed by atoms with Crippen molar-refractivity contribution in [3.8, 4) is 0 Å². The molecule has 0 saturated heterocycles. The Labute approximate surface area is 95.1 Å². The minimum Gasteiger partial charge on any atom is -0.395 e. The number of aliphatic hydroxyl groups is 2. The van der Waals surface area contributed by atoms with E-state index in [0.29, 0.717) is 12.1 Å². The minimum absolute atomic E-state index is 0.0439. The molecule has 0 bridgehead atoms. The number of aliphatic hydroxyl groups excluding tert-OH is 2. The van der Waals surface area contributed by atoms with Gasteiger partial charge in [0.2, 0.25) is 0 Å². The zero-order valence-electron chi connectivity index (χ0n) is 9.49. The number of anilines is 1. The monoisotopic (exact) mass is 227 g/mol. The predicted octanol–water partition coefficient (Wildman–Crippen LogP) is 1.53. The predicted molar refractivity (Wildman–Crippen MR) is 61.9 cm³/mol. The Morgan fingerprint density at radius 1 is 1.25 bits per heavy atom. The van der Waals surface area contributed by atoms with Crippen molar-refractivity contribution in [3.63, 3.8) is 0 Å². The molecule has 0 atom stereocenters. The third kappa shape index (κ3) is 3.18. The molecule has 0 radical (unpaired) electrons. The van der Waals surface area contributed by atoms with Crippen LogP contribution in [0.15, 0.2) is 18.2 Å². The number of nitrogens with zero attached hydrogens (tertiary/aromatic N) is 1. The molecule has 0 fully saturated rings. The van der Waals surface area contributed by atoms with Crippen molar-refractivity contribution in [2.45, 2.75) is 20.0 Å². The van der Waals surface area contributed by atoms with Crippen molar-refractivity contribution in [3.05, 3.63) is 29.6 Å². The smallest absolute Gasteiger partial charge is 0.123 e. The average molecular weight is 227 g/mol. The summed E-state index contributed by atoms with van der Waals surface area (Å²) in [6, 6.07) is 4.34. The number of benzene rings is 1. The largest absolute Gasteiger partial charge is 0.395 e. The molecule has 0 aliphatic carbocycles. The Balaban J connectivity index is 2.97. The number of halogens is 1. The van der Waals surface area contributed by atoms with Crippen LogP contribution in [0.3, 0.4) is 0 Å². The maximum atomic E-state index is 13.0. The van der Waals surface area contributed by atoms with Crippen molar-refractivity contribution in [2.24, 2.45) is 0 Å². The van der Waals surface area contributed by atoms with Gasteiger partial charge in [0.15, 0.2) is 0 Å². The standard InChI is InChI=1S/C12H18FNO2/c1-2-5-14(6-7-15)12-4-3-11(13)8-10(12)9-16/h3-4,8,15-16H,2,5-7,9H2,1H3. The number of hydrogen-bond donors (Lipinski definition) is 2. The van der Waals surface area contributed by atoms with Gasteiger partial charge in [-0.25, -0.2) is 4.39 Å². The molecule has 90 valence electrons. The quantitative estimate of drug-likeness (QED) is 0.774. The van der Waals surface area contributed by atoms with Gasteiger partial charge in [-0.1, -0.05) is 6.92 Å². The minimum atomic E-state index is -0.353. The highest BCUT2D eigenvalue weighted by Gasteiger charge is 2.10. The van der Waals surface area contributed by atoms with Gasteiger partial charge >= 0.3 is 0 Å². The lowest BCUT2D eigenvalue weighted by atomic mass is 10.1. The lowest BCUT2D eigenvalue weighted by molar-refractivity contribution is 0.280. The van der Waals surface area contributed by atoms with Crippen LogP contribution in [-0.4, -0.2) is 29.9 Å². The van der Waals surface area contributed by atoms with Crippen molar-refractivity contribution in [1.82, 2.24) is 0 Å². The molecular formula is C12H18FNO2. The van der Waals surface area contributed by atoms with Crippen LogP contribution >= 0.6 is 0 Å². The molecule has 1 aromatic carbocycles. The lowest BCUT2D eigenvalue weighted by Crippen LogP contribution is -2.28. The first-order valence-corrected chi connectivity index (χ1v) is 5.48. The van der Waals surface area contributed by atoms with Crippen LogP contribution in [0.2, 0.25) is 0 Å². The first kappa shape index (κ1) is 12.9. The second-order valence-corrected chi connectivity index (χ2v) is 3.64. The van der Waals surface area contributed by atoms with Gasteiger partial charge in [0.05, 0.1) is 13.2 Å². The van der Waals surface area contributed by atoms with Gasteiger partial charge < -0.3 is 15.1 Å². The van der Waals surface area contributed by atoms with Gasteiger partial charge in [-0.2, -0.15) is 0 Å². The van der Waals surface area contributed by atoms with Crippen LogP contribution in [0, 0.1) is 5.82 Å². The van der Waals surface area contributed by atoms with Gasteiger partial charge in [0.1, 0.15) is 5.82 Å². The van der Waals surface area contributed by atoms with Crippen LogP contribution in [0.5, 0.6) is 0 Å². The SMILES string of the molecule is CCCN(CCO)c1ccc(F)cc1CO. The Kier molecular flexibility index (Phi) is 5.22. The van der Waals surface area contributed by atoms with E-state index in [-0.39, 0.29) is 19.0 Å². The molecule has 0 heterocycles. The molecule has 0 aliphatic rings. The second-order valence-electron chi connectivity index (χ2n) is 3.64. The highest BCUT2D eigenvalue weighted by molar-refractivity contribution is 5.53. The third-order valence-electron chi connectivity index (χ3n) is 2.42. The fourth-order valence-electron chi connectivity index (χ4n) is 1.73. The Morgan fingerprint density at radius 3 is 2.56 bits per heavy atom. The van der Waals surface area contributed by atoms with E-state index in [1.165, 1.54) is 12.1 Å². The van der Waals surface area contributed by atoms with Crippen molar-refractivity contribution < 1.29 is 14.6 Å². The summed E-state index contributed by atoms with van der Waals surface area (Å²) in [5.74, 6) is -0.353. The Morgan fingerprint density at radius 2 is 2.00 bits per heavy atom. The second kappa shape index (κ2) is 6.45. The lowest BCUT2D eigenvalue weighted by Gasteiger charge is -2.25. The van der Waals surface area contributed by atoms with Crippen LogP contribution < -0.4 is 4.90 Å². The third-order valence-corrected chi connectivity index (χ3v) is 2.42. The van der Waals surface area contributed by atoms with Crippen LogP contribution in [-0.2, 0) is 6.61 Å². The number of rotatable bonds is 6. The van der Waals surface area contributed by atoms with Gasteiger partial charge in [-0.05, 0) is 24.6 Å². The van der Waals surface area contributed by atoms with Crippen molar-refractivity contribution in [2.75, 3.05) is 24.6 Å². The topological polar surface area (TPSA) is 43.7 Å². The normalized spacial score (nSPS) is 10.5. The molecule has 0 saturated carbocycles. The first-order valence-electron chi connectivity index (χ1n) is 5.48. The Bertz CT molecular complexity index is 325.